The maximum atomic E-state index is 11.7. The van der Waals surface area contributed by atoms with Crippen molar-refractivity contribution in [3.8, 4) is 5.75 Å². The molecular formula is C23H34N2O4. The molecular weight excluding hydrogens is 368 g/mol. The minimum absolute atomic E-state index is 0.112. The van der Waals surface area contributed by atoms with Crippen molar-refractivity contribution in [1.29, 1.82) is 0 Å². The van der Waals surface area contributed by atoms with Crippen molar-refractivity contribution in [3.63, 3.8) is 0 Å². The number of morpholine rings is 1. The number of methoxy groups -OCH3 is 2. The zero-order valence-corrected chi connectivity index (χ0v) is 17.7. The summed E-state index contributed by atoms with van der Waals surface area (Å²) < 4.78 is 15.8. The van der Waals surface area contributed by atoms with E-state index in [1.165, 1.54) is 7.11 Å². The molecule has 160 valence electrons. The molecule has 2 saturated heterocycles. The van der Waals surface area contributed by atoms with Gasteiger partial charge >= 0.3 is 5.97 Å². The van der Waals surface area contributed by atoms with Crippen LogP contribution in [-0.4, -0.2) is 82.0 Å². The molecule has 0 unspecified atom stereocenters. The predicted molar refractivity (Wildman–Crippen MR) is 114 cm³/mol. The van der Waals surface area contributed by atoms with Crippen molar-refractivity contribution >= 4 is 12.0 Å². The van der Waals surface area contributed by atoms with Crippen LogP contribution in [0.2, 0.25) is 0 Å². The molecule has 2 atom stereocenters. The maximum absolute atomic E-state index is 11.7. The van der Waals surface area contributed by atoms with Gasteiger partial charge in [0, 0.05) is 44.2 Å². The minimum atomic E-state index is -0.112. The van der Waals surface area contributed by atoms with E-state index >= 15 is 0 Å². The molecule has 0 amide bonds. The molecule has 0 bridgehead atoms. The monoisotopic (exact) mass is 402 g/mol. The summed E-state index contributed by atoms with van der Waals surface area (Å²) in [6, 6.07) is 8.59. The van der Waals surface area contributed by atoms with Gasteiger partial charge in [-0.2, -0.15) is 0 Å². The zero-order valence-electron chi connectivity index (χ0n) is 17.7. The van der Waals surface area contributed by atoms with E-state index < -0.39 is 0 Å². The highest BCUT2D eigenvalue weighted by Gasteiger charge is 2.33. The highest BCUT2D eigenvalue weighted by Crippen LogP contribution is 2.27. The first kappa shape index (κ1) is 21.8. The summed E-state index contributed by atoms with van der Waals surface area (Å²) in [5, 5.41) is 0. The molecule has 2 heterocycles. The largest absolute Gasteiger partial charge is 0.496 e. The fraction of sp³-hybridized carbons (Fsp3) is 0.609. The number of benzene rings is 1. The van der Waals surface area contributed by atoms with E-state index in [1.54, 1.807) is 7.11 Å². The summed E-state index contributed by atoms with van der Waals surface area (Å²) in [7, 11) is 3.17. The van der Waals surface area contributed by atoms with Gasteiger partial charge in [-0.25, -0.2) is 0 Å². The molecule has 0 saturated carbocycles. The van der Waals surface area contributed by atoms with Crippen LogP contribution in [-0.2, 0) is 14.3 Å². The number of carbonyl (C=O) groups excluding carboxylic acids is 1. The van der Waals surface area contributed by atoms with E-state index in [0.717, 1.165) is 70.1 Å². The van der Waals surface area contributed by atoms with E-state index in [2.05, 4.69) is 28.0 Å². The molecule has 0 aromatic heterocycles. The van der Waals surface area contributed by atoms with Crippen LogP contribution in [0.25, 0.3) is 6.08 Å². The topological polar surface area (TPSA) is 51.2 Å². The summed E-state index contributed by atoms with van der Waals surface area (Å²) in [5.41, 5.74) is 1.10. The van der Waals surface area contributed by atoms with Gasteiger partial charge in [0.2, 0.25) is 0 Å². The third kappa shape index (κ3) is 6.29. The molecule has 0 spiro atoms. The molecule has 3 rings (SSSR count). The predicted octanol–water partition coefficient (Wildman–Crippen LogP) is 2.68. The van der Waals surface area contributed by atoms with E-state index in [4.69, 9.17) is 14.2 Å². The summed E-state index contributed by atoms with van der Waals surface area (Å²) in [6.07, 6.45) is 6.85. The molecule has 0 aliphatic carbocycles. The lowest BCUT2D eigenvalue weighted by atomic mass is 9.86. The average molecular weight is 403 g/mol. The zero-order chi connectivity index (χ0) is 20.5. The smallest absolute Gasteiger partial charge is 0.305 e. The number of ether oxygens (including phenoxy) is 3. The lowest BCUT2D eigenvalue weighted by Crippen LogP contribution is -2.54. The van der Waals surface area contributed by atoms with E-state index in [1.807, 2.05) is 18.2 Å². The van der Waals surface area contributed by atoms with Crippen LogP contribution in [0.3, 0.4) is 0 Å². The third-order valence-corrected chi connectivity index (χ3v) is 6.04. The summed E-state index contributed by atoms with van der Waals surface area (Å²) in [4.78, 5) is 16.8. The maximum Gasteiger partial charge on any atom is 0.305 e. The highest BCUT2D eigenvalue weighted by molar-refractivity contribution is 5.69. The fourth-order valence-electron chi connectivity index (χ4n) is 4.47. The number of carbonyl (C=O) groups is 1. The second-order valence-electron chi connectivity index (χ2n) is 7.78. The molecule has 0 radical (unpaired) electrons. The second kappa shape index (κ2) is 11.3. The van der Waals surface area contributed by atoms with Gasteiger partial charge in [0.25, 0.3) is 0 Å². The van der Waals surface area contributed by atoms with Gasteiger partial charge < -0.3 is 14.2 Å². The van der Waals surface area contributed by atoms with Gasteiger partial charge in [-0.3, -0.25) is 14.6 Å². The standard InChI is InChI=1S/C23H34N2O4/c1-27-22-8-4-3-6-19(22)7-5-12-24-13-11-21(25-14-16-29-17-15-25)20(18-24)9-10-23(26)28-2/h3-8,20-21H,9-18H2,1-2H3/t20-,21+/m0/s1. The van der Waals surface area contributed by atoms with E-state index in [9.17, 15) is 4.79 Å². The van der Waals surface area contributed by atoms with Crippen LogP contribution in [0.4, 0.5) is 0 Å². The van der Waals surface area contributed by atoms with Crippen LogP contribution < -0.4 is 4.74 Å². The van der Waals surface area contributed by atoms with Gasteiger partial charge in [-0.1, -0.05) is 30.4 Å². The number of hydrogen-bond acceptors (Lipinski definition) is 6. The number of esters is 1. The SMILES string of the molecule is COC(=O)CC[C@H]1CN(CC=Cc2ccccc2OC)CC[C@H]1N1CCOCC1. The minimum Gasteiger partial charge on any atom is -0.496 e. The van der Waals surface area contributed by atoms with Crippen LogP contribution in [0, 0.1) is 5.92 Å². The summed E-state index contributed by atoms with van der Waals surface area (Å²) in [6.45, 7) is 6.60. The van der Waals surface area contributed by atoms with Crippen molar-refractivity contribution < 1.29 is 19.0 Å². The van der Waals surface area contributed by atoms with Gasteiger partial charge in [0.15, 0.2) is 0 Å². The number of hydrogen-bond donors (Lipinski definition) is 0. The Labute approximate surface area is 174 Å². The van der Waals surface area contributed by atoms with Crippen molar-refractivity contribution in [2.24, 2.45) is 5.92 Å². The summed E-state index contributed by atoms with van der Waals surface area (Å²) in [5.74, 6) is 1.25. The van der Waals surface area contributed by atoms with E-state index in [-0.39, 0.29) is 5.97 Å². The molecule has 2 aliphatic rings. The Kier molecular flexibility index (Phi) is 8.52. The van der Waals surface area contributed by atoms with Crippen LogP contribution in [0.15, 0.2) is 30.3 Å². The average Bonchev–Trinajstić information content (AvgIpc) is 2.78. The first-order chi connectivity index (χ1) is 14.2. The Morgan fingerprint density at radius 1 is 1.21 bits per heavy atom. The normalized spacial score (nSPS) is 23.9. The first-order valence-corrected chi connectivity index (χ1v) is 10.6. The lowest BCUT2D eigenvalue weighted by molar-refractivity contribution is -0.141. The number of rotatable bonds is 8. The number of para-hydroxylation sites is 1. The Balaban J connectivity index is 1.59. The molecule has 2 aliphatic heterocycles. The quantitative estimate of drug-likeness (QED) is 0.623. The van der Waals surface area contributed by atoms with Gasteiger partial charge in [-0.15, -0.1) is 0 Å². The molecule has 1 aromatic rings. The van der Waals surface area contributed by atoms with Crippen molar-refractivity contribution in [2.75, 3.05) is 60.2 Å². The number of nitrogens with zero attached hydrogens (tertiary/aromatic N) is 2. The molecule has 0 N–H and O–H groups in total. The van der Waals surface area contributed by atoms with Crippen LogP contribution in [0.1, 0.15) is 24.8 Å². The molecule has 29 heavy (non-hydrogen) atoms. The third-order valence-electron chi connectivity index (χ3n) is 6.04. The van der Waals surface area contributed by atoms with Crippen molar-refractivity contribution in [2.45, 2.75) is 25.3 Å². The molecule has 2 fully saturated rings. The van der Waals surface area contributed by atoms with Crippen molar-refractivity contribution in [3.05, 3.63) is 35.9 Å². The van der Waals surface area contributed by atoms with Crippen LogP contribution in [0.5, 0.6) is 5.75 Å². The van der Waals surface area contributed by atoms with Gasteiger partial charge in [0.1, 0.15) is 5.75 Å². The molecule has 6 nitrogen and oxygen atoms in total. The highest BCUT2D eigenvalue weighted by atomic mass is 16.5. The second-order valence-corrected chi connectivity index (χ2v) is 7.78. The van der Waals surface area contributed by atoms with Crippen molar-refractivity contribution in [1.82, 2.24) is 9.80 Å². The number of likely N-dealkylation sites (tertiary alicyclic amines) is 1. The van der Waals surface area contributed by atoms with Gasteiger partial charge in [-0.05, 0) is 31.4 Å². The fourth-order valence-corrected chi connectivity index (χ4v) is 4.47. The summed E-state index contributed by atoms with van der Waals surface area (Å²) >= 11 is 0. The number of piperidine rings is 1. The lowest BCUT2D eigenvalue weighted by Gasteiger charge is -2.45. The van der Waals surface area contributed by atoms with Gasteiger partial charge in [0.05, 0.1) is 27.4 Å². The Bertz CT molecular complexity index is 673. The van der Waals surface area contributed by atoms with Crippen LogP contribution >= 0.6 is 0 Å². The molecule has 6 heteroatoms. The Morgan fingerprint density at radius 3 is 2.76 bits per heavy atom. The Hall–Kier alpha value is -1.89. The molecule has 1 aromatic carbocycles. The van der Waals surface area contributed by atoms with E-state index in [0.29, 0.717) is 18.4 Å². The Morgan fingerprint density at radius 2 is 2.00 bits per heavy atom. The first-order valence-electron chi connectivity index (χ1n) is 10.6.